The minimum absolute atomic E-state index is 0. The summed E-state index contributed by atoms with van der Waals surface area (Å²) in [5.74, 6) is 0. The Morgan fingerprint density at radius 2 is 2.00 bits per heavy atom. The third-order valence-electron chi connectivity index (χ3n) is 2.11. The van der Waals surface area contributed by atoms with Crippen molar-refractivity contribution in [2.45, 2.75) is 59.4 Å². The first kappa shape index (κ1) is 17.1. The lowest BCUT2D eigenvalue weighted by Gasteiger charge is -2.19. The second-order valence-corrected chi connectivity index (χ2v) is 3.85. The molecule has 0 aliphatic carbocycles. The van der Waals surface area contributed by atoms with Crippen molar-refractivity contribution in [1.29, 1.82) is 0 Å². The van der Waals surface area contributed by atoms with E-state index < -0.39 is 0 Å². The zero-order valence-electron chi connectivity index (χ0n) is 9.55. The molecule has 0 aromatic heterocycles. The SMILES string of the molecule is C.C[B]C(=O)[C@H](CCCCN)NC(C)C. The normalized spacial score (nSPS) is 12.1. The van der Waals surface area contributed by atoms with Crippen LogP contribution in [0.15, 0.2) is 0 Å². The molecule has 15 heavy (non-hydrogen) atoms. The number of carbonyl (C=O) groups excluding carboxylic acids is 1. The van der Waals surface area contributed by atoms with Gasteiger partial charge in [0.15, 0.2) is 0 Å². The topological polar surface area (TPSA) is 55.1 Å². The van der Waals surface area contributed by atoms with Gasteiger partial charge in [0, 0.05) is 6.04 Å². The first-order chi connectivity index (χ1) is 6.61. The highest BCUT2D eigenvalue weighted by Crippen LogP contribution is 2.02. The van der Waals surface area contributed by atoms with E-state index in [1.54, 1.807) is 14.1 Å². The van der Waals surface area contributed by atoms with E-state index in [4.69, 9.17) is 5.73 Å². The average Bonchev–Trinajstić information content (AvgIpc) is 2.15. The first-order valence-corrected chi connectivity index (χ1v) is 5.41. The second kappa shape index (κ2) is 10.2. The maximum Gasteiger partial charge on any atom is 0.201 e. The van der Waals surface area contributed by atoms with Gasteiger partial charge < -0.3 is 15.8 Å². The molecular weight excluding hydrogens is 187 g/mol. The zero-order chi connectivity index (χ0) is 11.0. The Balaban J connectivity index is 0. The van der Waals surface area contributed by atoms with Crippen LogP contribution in [0.5, 0.6) is 0 Å². The lowest BCUT2D eigenvalue weighted by Crippen LogP contribution is -2.42. The Labute approximate surface area is 95.4 Å². The molecule has 3 nitrogen and oxygen atoms in total. The molecule has 0 bridgehead atoms. The van der Waals surface area contributed by atoms with Crippen LogP contribution in [0.2, 0.25) is 6.82 Å². The summed E-state index contributed by atoms with van der Waals surface area (Å²) >= 11 is 0. The van der Waals surface area contributed by atoms with E-state index in [0.29, 0.717) is 12.6 Å². The van der Waals surface area contributed by atoms with Gasteiger partial charge in [-0.3, -0.25) is 0 Å². The van der Waals surface area contributed by atoms with Gasteiger partial charge >= 0.3 is 0 Å². The van der Waals surface area contributed by atoms with Gasteiger partial charge in [-0.15, -0.1) is 0 Å². The number of carbonyl (C=O) groups is 1. The van der Waals surface area contributed by atoms with Crippen molar-refractivity contribution in [3.8, 4) is 0 Å². The number of unbranched alkanes of at least 4 members (excludes halogenated alkanes) is 1. The Hall–Kier alpha value is -0.345. The highest BCUT2D eigenvalue weighted by atomic mass is 16.1. The minimum atomic E-state index is -0.0217. The van der Waals surface area contributed by atoms with Crippen LogP contribution in [0, 0.1) is 0 Å². The maximum absolute atomic E-state index is 11.5. The monoisotopic (exact) mass is 213 g/mol. The molecule has 0 heterocycles. The largest absolute Gasteiger partial charge is 0.330 e. The van der Waals surface area contributed by atoms with E-state index in [1.165, 1.54) is 0 Å². The minimum Gasteiger partial charge on any atom is -0.330 e. The molecule has 0 aromatic rings. The molecule has 0 unspecified atom stereocenters. The van der Waals surface area contributed by atoms with Crippen LogP contribution in [0.1, 0.15) is 40.5 Å². The van der Waals surface area contributed by atoms with Crippen molar-refractivity contribution in [2.24, 2.45) is 5.73 Å². The van der Waals surface area contributed by atoms with E-state index in [-0.39, 0.29) is 19.2 Å². The Morgan fingerprint density at radius 1 is 1.40 bits per heavy atom. The predicted octanol–water partition coefficient (Wildman–Crippen LogP) is 1.40. The Bertz CT molecular complexity index is 163. The summed E-state index contributed by atoms with van der Waals surface area (Å²) in [6, 6.07) is 0.327. The molecule has 0 saturated heterocycles. The highest BCUT2D eigenvalue weighted by molar-refractivity contribution is 6.73. The number of hydrogen-bond donors (Lipinski definition) is 2. The molecule has 0 amide bonds. The quantitative estimate of drug-likeness (QED) is 0.473. The lowest BCUT2D eigenvalue weighted by molar-refractivity contribution is -0.114. The third kappa shape index (κ3) is 8.64. The van der Waals surface area contributed by atoms with Crippen LogP contribution in [-0.4, -0.2) is 31.6 Å². The van der Waals surface area contributed by atoms with Crippen LogP contribution < -0.4 is 11.1 Å². The molecule has 0 spiro atoms. The number of nitrogens with one attached hydrogen (secondary N) is 1. The Morgan fingerprint density at radius 3 is 2.40 bits per heavy atom. The fourth-order valence-electron chi connectivity index (χ4n) is 1.40. The van der Waals surface area contributed by atoms with E-state index in [0.717, 1.165) is 19.3 Å². The molecule has 4 heteroatoms. The lowest BCUT2D eigenvalue weighted by atomic mass is 9.72. The van der Waals surface area contributed by atoms with Crippen molar-refractivity contribution >= 4 is 13.0 Å². The van der Waals surface area contributed by atoms with Gasteiger partial charge in [-0.05, 0) is 19.4 Å². The molecule has 1 radical (unpaired) electrons. The summed E-state index contributed by atoms with van der Waals surface area (Å²) in [5, 5.41) is 3.27. The molecule has 89 valence electrons. The molecule has 0 aliphatic rings. The summed E-state index contributed by atoms with van der Waals surface area (Å²) in [4.78, 5) is 11.5. The molecule has 1 atom stereocenters. The summed E-state index contributed by atoms with van der Waals surface area (Å²) in [6.07, 6.45) is 2.90. The van der Waals surface area contributed by atoms with Crippen molar-refractivity contribution in [1.82, 2.24) is 5.32 Å². The molecule has 3 N–H and O–H groups in total. The zero-order valence-corrected chi connectivity index (χ0v) is 9.55. The highest BCUT2D eigenvalue weighted by Gasteiger charge is 2.16. The maximum atomic E-state index is 11.5. The van der Waals surface area contributed by atoms with E-state index in [1.807, 2.05) is 0 Å². The molecular formula is C11H26BN2O. The molecule has 0 aromatic carbocycles. The fraction of sp³-hybridized carbons (Fsp3) is 0.909. The smallest absolute Gasteiger partial charge is 0.201 e. The van der Waals surface area contributed by atoms with Gasteiger partial charge in [-0.1, -0.05) is 34.5 Å². The average molecular weight is 213 g/mol. The molecule has 0 saturated carbocycles. The fourth-order valence-corrected chi connectivity index (χ4v) is 1.40. The molecule has 0 rings (SSSR count). The summed E-state index contributed by atoms with van der Waals surface area (Å²) in [7, 11) is 1.64. The van der Waals surface area contributed by atoms with Gasteiger partial charge in [0.2, 0.25) is 7.28 Å². The molecule has 0 aliphatic heterocycles. The van der Waals surface area contributed by atoms with Gasteiger partial charge in [-0.25, -0.2) is 0 Å². The van der Waals surface area contributed by atoms with Gasteiger partial charge in [-0.2, -0.15) is 0 Å². The summed E-state index contributed by atoms with van der Waals surface area (Å²) in [6.45, 7) is 6.61. The van der Waals surface area contributed by atoms with Gasteiger partial charge in [0.1, 0.15) is 5.68 Å². The number of hydrogen-bond acceptors (Lipinski definition) is 3. The van der Waals surface area contributed by atoms with Crippen LogP contribution in [0.3, 0.4) is 0 Å². The van der Waals surface area contributed by atoms with Crippen molar-refractivity contribution < 1.29 is 4.79 Å². The van der Waals surface area contributed by atoms with Crippen molar-refractivity contribution in [3.63, 3.8) is 0 Å². The van der Waals surface area contributed by atoms with Crippen LogP contribution >= 0.6 is 0 Å². The van der Waals surface area contributed by atoms with Crippen LogP contribution in [0.25, 0.3) is 0 Å². The van der Waals surface area contributed by atoms with Crippen molar-refractivity contribution in [3.05, 3.63) is 0 Å². The second-order valence-electron chi connectivity index (χ2n) is 3.85. The van der Waals surface area contributed by atoms with E-state index in [9.17, 15) is 4.79 Å². The van der Waals surface area contributed by atoms with Crippen LogP contribution in [0.4, 0.5) is 0 Å². The van der Waals surface area contributed by atoms with E-state index >= 15 is 0 Å². The predicted molar refractivity (Wildman–Crippen MR) is 68.3 cm³/mol. The summed E-state index contributed by atoms with van der Waals surface area (Å²) < 4.78 is 0. The number of nitrogens with two attached hydrogens (primary N) is 1. The first-order valence-electron chi connectivity index (χ1n) is 5.41. The van der Waals surface area contributed by atoms with Gasteiger partial charge in [0.05, 0.1) is 6.04 Å². The van der Waals surface area contributed by atoms with Gasteiger partial charge in [0.25, 0.3) is 0 Å². The summed E-state index contributed by atoms with van der Waals surface area (Å²) in [5.41, 5.74) is 5.60. The third-order valence-corrected chi connectivity index (χ3v) is 2.11. The number of rotatable bonds is 8. The van der Waals surface area contributed by atoms with E-state index in [2.05, 4.69) is 19.2 Å². The van der Waals surface area contributed by atoms with Crippen molar-refractivity contribution in [2.75, 3.05) is 6.54 Å². The molecule has 0 fully saturated rings. The standard InChI is InChI=1S/C10H22BN2O.CH4/c1-8(2)13-9(10(14)11-3)6-4-5-7-12;/h8-9,13H,4-7,12H2,1-3H3;1H4/t9-;/m0./s1. The Kier molecular flexibility index (Phi) is 11.6. The van der Waals surface area contributed by atoms with Crippen LogP contribution in [-0.2, 0) is 4.79 Å².